The van der Waals surface area contributed by atoms with E-state index in [1.807, 2.05) is 18.2 Å². The number of rotatable bonds is 1. The standard InChI is InChI=1S/C12H13BrCl2/c13-9-3-1-2-8(6-9)11-7-10(14)4-5-12(11)15/h4-5,7-9H,1-3,6H2. The molecule has 0 bridgehead atoms. The van der Waals surface area contributed by atoms with Crippen LogP contribution in [0.4, 0.5) is 0 Å². The summed E-state index contributed by atoms with van der Waals surface area (Å²) in [6.07, 6.45) is 4.93. The van der Waals surface area contributed by atoms with Crippen LogP contribution in [0.5, 0.6) is 0 Å². The Morgan fingerprint density at radius 2 is 2.00 bits per heavy atom. The Kier molecular flexibility index (Phi) is 3.98. The van der Waals surface area contributed by atoms with Crippen molar-refractivity contribution in [3.05, 3.63) is 33.8 Å². The van der Waals surface area contributed by atoms with Crippen LogP contribution in [0.3, 0.4) is 0 Å². The lowest BCUT2D eigenvalue weighted by atomic mass is 9.84. The second-order valence-electron chi connectivity index (χ2n) is 4.13. The quantitative estimate of drug-likeness (QED) is 0.608. The van der Waals surface area contributed by atoms with Gasteiger partial charge in [0.1, 0.15) is 0 Å². The molecule has 1 aromatic carbocycles. The summed E-state index contributed by atoms with van der Waals surface area (Å²) >= 11 is 15.9. The fourth-order valence-corrected chi connectivity index (χ4v) is 3.47. The van der Waals surface area contributed by atoms with Crippen molar-refractivity contribution in [1.82, 2.24) is 0 Å². The van der Waals surface area contributed by atoms with E-state index in [0.717, 1.165) is 10.0 Å². The first-order chi connectivity index (χ1) is 7.16. The molecule has 0 radical (unpaired) electrons. The van der Waals surface area contributed by atoms with Crippen LogP contribution in [-0.2, 0) is 0 Å². The Hall–Kier alpha value is 0.280. The van der Waals surface area contributed by atoms with Gasteiger partial charge in [-0.15, -0.1) is 0 Å². The van der Waals surface area contributed by atoms with Crippen molar-refractivity contribution in [2.45, 2.75) is 36.4 Å². The Balaban J connectivity index is 2.24. The summed E-state index contributed by atoms with van der Waals surface area (Å²) in [5.74, 6) is 0.564. The summed E-state index contributed by atoms with van der Waals surface area (Å²) in [4.78, 5) is 0.631. The summed E-state index contributed by atoms with van der Waals surface area (Å²) in [6, 6.07) is 5.76. The van der Waals surface area contributed by atoms with Crippen LogP contribution in [0.1, 0.15) is 37.2 Å². The van der Waals surface area contributed by atoms with E-state index in [1.54, 1.807) is 0 Å². The first-order valence-corrected chi connectivity index (χ1v) is 6.93. The van der Waals surface area contributed by atoms with Crippen molar-refractivity contribution in [1.29, 1.82) is 0 Å². The zero-order valence-electron chi connectivity index (χ0n) is 8.35. The lowest BCUT2D eigenvalue weighted by molar-refractivity contribution is 0.458. The number of hydrogen-bond acceptors (Lipinski definition) is 0. The average Bonchev–Trinajstić information content (AvgIpc) is 2.22. The molecule has 0 amide bonds. The summed E-state index contributed by atoms with van der Waals surface area (Å²) in [5.41, 5.74) is 1.22. The SMILES string of the molecule is Clc1ccc(Cl)c(C2CCCC(Br)C2)c1. The molecule has 0 N–H and O–H groups in total. The molecule has 1 aliphatic rings. The summed E-state index contributed by atoms with van der Waals surface area (Å²) in [7, 11) is 0. The highest BCUT2D eigenvalue weighted by molar-refractivity contribution is 9.09. The molecule has 1 aliphatic carbocycles. The van der Waals surface area contributed by atoms with Crippen molar-refractivity contribution in [2.24, 2.45) is 0 Å². The van der Waals surface area contributed by atoms with Crippen molar-refractivity contribution in [3.8, 4) is 0 Å². The Bertz CT molecular complexity index is 351. The minimum Gasteiger partial charge on any atom is -0.0890 e. The van der Waals surface area contributed by atoms with E-state index in [4.69, 9.17) is 23.2 Å². The third-order valence-corrected chi connectivity index (χ3v) is 4.42. The summed E-state index contributed by atoms with van der Waals surface area (Å²) < 4.78 is 0. The van der Waals surface area contributed by atoms with Crippen molar-refractivity contribution >= 4 is 39.1 Å². The second-order valence-corrected chi connectivity index (χ2v) is 6.27. The Morgan fingerprint density at radius 1 is 1.20 bits per heavy atom. The van der Waals surface area contributed by atoms with Crippen molar-refractivity contribution in [3.63, 3.8) is 0 Å². The maximum Gasteiger partial charge on any atom is 0.0441 e. The number of halogens is 3. The van der Waals surface area contributed by atoms with Crippen LogP contribution in [0, 0.1) is 0 Å². The molecule has 0 aromatic heterocycles. The molecule has 0 nitrogen and oxygen atoms in total. The minimum atomic E-state index is 0.564. The fraction of sp³-hybridized carbons (Fsp3) is 0.500. The van der Waals surface area contributed by atoms with Gasteiger partial charge in [-0.1, -0.05) is 45.6 Å². The third kappa shape index (κ3) is 2.89. The van der Waals surface area contributed by atoms with Gasteiger partial charge < -0.3 is 0 Å². The molecule has 15 heavy (non-hydrogen) atoms. The molecule has 1 aromatic rings. The fourth-order valence-electron chi connectivity index (χ4n) is 2.24. The zero-order chi connectivity index (χ0) is 10.8. The van der Waals surface area contributed by atoms with E-state index in [0.29, 0.717) is 10.7 Å². The summed E-state index contributed by atoms with van der Waals surface area (Å²) in [6.45, 7) is 0. The van der Waals surface area contributed by atoms with Crippen molar-refractivity contribution in [2.75, 3.05) is 0 Å². The van der Waals surface area contributed by atoms with Gasteiger partial charge in [-0.3, -0.25) is 0 Å². The highest BCUT2D eigenvalue weighted by atomic mass is 79.9. The van der Waals surface area contributed by atoms with E-state index >= 15 is 0 Å². The van der Waals surface area contributed by atoms with Gasteiger partial charge in [-0.05, 0) is 48.9 Å². The molecular formula is C12H13BrCl2. The van der Waals surface area contributed by atoms with Crippen LogP contribution in [-0.4, -0.2) is 4.83 Å². The predicted molar refractivity (Wildman–Crippen MR) is 70.4 cm³/mol. The molecule has 82 valence electrons. The molecule has 1 saturated carbocycles. The van der Waals surface area contributed by atoms with E-state index in [1.165, 1.54) is 31.2 Å². The lowest BCUT2D eigenvalue weighted by Crippen LogP contribution is -2.13. The largest absolute Gasteiger partial charge is 0.0890 e. The molecule has 2 unspecified atom stereocenters. The summed E-state index contributed by atoms with van der Waals surface area (Å²) in [5, 5.41) is 1.64. The molecular weight excluding hydrogens is 295 g/mol. The predicted octanol–water partition coefficient (Wildman–Crippen LogP) is 5.41. The van der Waals surface area contributed by atoms with Gasteiger partial charge in [0.25, 0.3) is 0 Å². The Labute approximate surface area is 109 Å². The van der Waals surface area contributed by atoms with Gasteiger partial charge >= 0.3 is 0 Å². The second kappa shape index (κ2) is 5.07. The molecule has 2 rings (SSSR count). The third-order valence-electron chi connectivity index (χ3n) is 3.01. The maximum absolute atomic E-state index is 6.20. The van der Waals surface area contributed by atoms with Crippen LogP contribution < -0.4 is 0 Å². The van der Waals surface area contributed by atoms with E-state index in [2.05, 4.69) is 15.9 Å². The highest BCUT2D eigenvalue weighted by Gasteiger charge is 2.23. The molecule has 0 spiro atoms. The number of hydrogen-bond donors (Lipinski definition) is 0. The smallest absolute Gasteiger partial charge is 0.0441 e. The normalized spacial score (nSPS) is 26.6. The molecule has 3 heteroatoms. The van der Waals surface area contributed by atoms with Crippen LogP contribution >= 0.6 is 39.1 Å². The topological polar surface area (TPSA) is 0 Å². The zero-order valence-corrected chi connectivity index (χ0v) is 11.4. The van der Waals surface area contributed by atoms with Gasteiger partial charge in [0.2, 0.25) is 0 Å². The molecule has 2 atom stereocenters. The van der Waals surface area contributed by atoms with Crippen molar-refractivity contribution < 1.29 is 0 Å². The van der Waals surface area contributed by atoms with E-state index in [-0.39, 0.29) is 0 Å². The Morgan fingerprint density at radius 3 is 2.73 bits per heavy atom. The van der Waals surface area contributed by atoms with Gasteiger partial charge in [0, 0.05) is 14.9 Å². The van der Waals surface area contributed by atoms with Gasteiger partial charge in [-0.25, -0.2) is 0 Å². The number of alkyl halides is 1. The molecule has 0 heterocycles. The molecule has 0 aliphatic heterocycles. The molecule has 0 saturated heterocycles. The van der Waals surface area contributed by atoms with E-state index < -0.39 is 0 Å². The van der Waals surface area contributed by atoms with Crippen LogP contribution in [0.2, 0.25) is 10.0 Å². The lowest BCUT2D eigenvalue weighted by Gasteiger charge is -2.26. The number of benzene rings is 1. The maximum atomic E-state index is 6.20. The minimum absolute atomic E-state index is 0.564. The van der Waals surface area contributed by atoms with Crippen LogP contribution in [0.25, 0.3) is 0 Å². The average molecular weight is 308 g/mol. The monoisotopic (exact) mass is 306 g/mol. The van der Waals surface area contributed by atoms with Gasteiger partial charge in [0.15, 0.2) is 0 Å². The molecule has 1 fully saturated rings. The van der Waals surface area contributed by atoms with E-state index in [9.17, 15) is 0 Å². The highest BCUT2D eigenvalue weighted by Crippen LogP contribution is 2.39. The first kappa shape index (κ1) is 11.8. The van der Waals surface area contributed by atoms with Crippen LogP contribution in [0.15, 0.2) is 18.2 Å². The van der Waals surface area contributed by atoms with Gasteiger partial charge in [-0.2, -0.15) is 0 Å². The van der Waals surface area contributed by atoms with Gasteiger partial charge in [0.05, 0.1) is 0 Å². The first-order valence-electron chi connectivity index (χ1n) is 5.26.